The van der Waals surface area contributed by atoms with Gasteiger partial charge in [0.05, 0.1) is 17.0 Å². The van der Waals surface area contributed by atoms with Crippen LogP contribution in [0.25, 0.3) is 0 Å². The fraction of sp³-hybridized carbons (Fsp3) is 0.706. The van der Waals surface area contributed by atoms with Gasteiger partial charge in [0.1, 0.15) is 0 Å². The molecule has 122 valence electrons. The van der Waals surface area contributed by atoms with Gasteiger partial charge in [0.15, 0.2) is 0 Å². The number of hydrogen-bond acceptors (Lipinski definition) is 2. The Kier molecular flexibility index (Phi) is 3.96. The van der Waals surface area contributed by atoms with Gasteiger partial charge in [-0.1, -0.05) is 20.3 Å². The second-order valence-corrected chi connectivity index (χ2v) is 7.20. The number of halogens is 3. The van der Waals surface area contributed by atoms with E-state index in [0.717, 1.165) is 18.8 Å². The van der Waals surface area contributed by atoms with Crippen molar-refractivity contribution in [3.8, 4) is 0 Å². The first-order valence-electron chi connectivity index (χ1n) is 8.08. The van der Waals surface area contributed by atoms with Crippen molar-refractivity contribution >= 4 is 0 Å². The SMILES string of the molecule is CC(C)c1nc(CN2CCC3(CCC3)C2)ccc1C(F)(F)F. The molecule has 3 rings (SSSR count). The molecule has 0 aromatic carbocycles. The third-order valence-electron chi connectivity index (χ3n) is 5.15. The van der Waals surface area contributed by atoms with E-state index in [1.54, 1.807) is 19.9 Å². The molecular weight excluding hydrogens is 289 g/mol. The van der Waals surface area contributed by atoms with Crippen LogP contribution >= 0.6 is 0 Å². The average molecular weight is 312 g/mol. The maximum Gasteiger partial charge on any atom is 0.418 e. The fourth-order valence-electron chi connectivity index (χ4n) is 3.76. The number of aromatic nitrogens is 1. The molecule has 2 aliphatic rings. The van der Waals surface area contributed by atoms with Crippen LogP contribution in [0.2, 0.25) is 0 Å². The molecule has 1 saturated carbocycles. The van der Waals surface area contributed by atoms with Gasteiger partial charge >= 0.3 is 6.18 Å². The van der Waals surface area contributed by atoms with Crippen molar-refractivity contribution in [3.05, 3.63) is 29.1 Å². The second-order valence-electron chi connectivity index (χ2n) is 7.20. The minimum absolute atomic E-state index is 0.169. The molecule has 2 heterocycles. The molecule has 2 fully saturated rings. The summed E-state index contributed by atoms with van der Waals surface area (Å²) < 4.78 is 39.1. The largest absolute Gasteiger partial charge is 0.418 e. The molecule has 0 amide bonds. The number of hydrogen-bond donors (Lipinski definition) is 0. The molecule has 1 saturated heterocycles. The Labute approximate surface area is 129 Å². The third-order valence-corrected chi connectivity index (χ3v) is 5.15. The molecule has 0 N–H and O–H groups in total. The molecule has 1 aromatic heterocycles. The van der Waals surface area contributed by atoms with Gasteiger partial charge in [-0.3, -0.25) is 9.88 Å². The Morgan fingerprint density at radius 3 is 2.45 bits per heavy atom. The van der Waals surface area contributed by atoms with Crippen LogP contribution < -0.4 is 0 Å². The Balaban J connectivity index is 1.76. The van der Waals surface area contributed by atoms with Crippen LogP contribution in [-0.4, -0.2) is 23.0 Å². The van der Waals surface area contributed by atoms with Crippen LogP contribution in [0, 0.1) is 5.41 Å². The smallest absolute Gasteiger partial charge is 0.297 e. The molecule has 0 bridgehead atoms. The summed E-state index contributed by atoms with van der Waals surface area (Å²) in [5.41, 5.74) is 0.839. The number of alkyl halides is 3. The second kappa shape index (κ2) is 5.52. The first-order chi connectivity index (χ1) is 10.3. The molecule has 1 aromatic rings. The van der Waals surface area contributed by atoms with Crippen molar-refractivity contribution < 1.29 is 13.2 Å². The van der Waals surface area contributed by atoms with E-state index in [0.29, 0.717) is 12.0 Å². The lowest BCUT2D eigenvalue weighted by Crippen LogP contribution is -2.33. The quantitative estimate of drug-likeness (QED) is 0.811. The van der Waals surface area contributed by atoms with E-state index in [4.69, 9.17) is 0 Å². The summed E-state index contributed by atoms with van der Waals surface area (Å²) in [5, 5.41) is 0. The predicted octanol–water partition coefficient (Wildman–Crippen LogP) is 4.60. The summed E-state index contributed by atoms with van der Waals surface area (Å²) in [4.78, 5) is 6.68. The van der Waals surface area contributed by atoms with Crippen molar-refractivity contribution in [2.75, 3.05) is 13.1 Å². The highest BCUT2D eigenvalue weighted by Crippen LogP contribution is 2.48. The minimum Gasteiger partial charge on any atom is -0.297 e. The van der Waals surface area contributed by atoms with Gasteiger partial charge in [-0.2, -0.15) is 13.2 Å². The van der Waals surface area contributed by atoms with Gasteiger partial charge in [-0.05, 0) is 49.3 Å². The van der Waals surface area contributed by atoms with Crippen molar-refractivity contribution in [2.24, 2.45) is 5.41 Å². The van der Waals surface area contributed by atoms with Crippen LogP contribution in [-0.2, 0) is 12.7 Å². The van der Waals surface area contributed by atoms with Crippen molar-refractivity contribution in [2.45, 2.75) is 58.2 Å². The third kappa shape index (κ3) is 3.00. The molecule has 1 aliphatic heterocycles. The van der Waals surface area contributed by atoms with E-state index in [1.807, 2.05) is 0 Å². The van der Waals surface area contributed by atoms with E-state index in [1.165, 1.54) is 31.7 Å². The number of rotatable bonds is 3. The Bertz CT molecular complexity index is 547. The van der Waals surface area contributed by atoms with Gasteiger partial charge in [0.25, 0.3) is 0 Å². The van der Waals surface area contributed by atoms with Crippen LogP contribution in [0.5, 0.6) is 0 Å². The number of pyridine rings is 1. The highest BCUT2D eigenvalue weighted by molar-refractivity contribution is 5.28. The molecule has 0 atom stereocenters. The summed E-state index contributed by atoms with van der Waals surface area (Å²) >= 11 is 0. The average Bonchev–Trinajstić information content (AvgIpc) is 2.81. The highest BCUT2D eigenvalue weighted by atomic mass is 19.4. The maximum absolute atomic E-state index is 13.0. The molecule has 2 nitrogen and oxygen atoms in total. The van der Waals surface area contributed by atoms with E-state index >= 15 is 0 Å². The maximum atomic E-state index is 13.0. The lowest BCUT2D eigenvalue weighted by Gasteiger charge is -2.38. The zero-order valence-electron chi connectivity index (χ0n) is 13.2. The van der Waals surface area contributed by atoms with Crippen LogP contribution in [0.15, 0.2) is 12.1 Å². The van der Waals surface area contributed by atoms with E-state index in [-0.39, 0.29) is 11.6 Å². The van der Waals surface area contributed by atoms with Gasteiger partial charge in [-0.15, -0.1) is 0 Å². The topological polar surface area (TPSA) is 16.1 Å². The summed E-state index contributed by atoms with van der Waals surface area (Å²) in [6.45, 7) is 6.31. The van der Waals surface area contributed by atoms with E-state index in [2.05, 4.69) is 9.88 Å². The molecule has 0 unspecified atom stereocenters. The first kappa shape index (κ1) is 15.8. The lowest BCUT2D eigenvalue weighted by atomic mass is 9.68. The van der Waals surface area contributed by atoms with Crippen LogP contribution in [0.1, 0.15) is 62.4 Å². The zero-order valence-corrected chi connectivity index (χ0v) is 13.2. The molecule has 1 spiro atoms. The van der Waals surface area contributed by atoms with Gasteiger partial charge in [0.2, 0.25) is 0 Å². The molecular formula is C17H23F3N2. The molecule has 22 heavy (non-hydrogen) atoms. The normalized spacial score (nSPS) is 21.5. The summed E-state index contributed by atoms with van der Waals surface area (Å²) in [7, 11) is 0. The molecule has 0 radical (unpaired) electrons. The number of likely N-dealkylation sites (tertiary alicyclic amines) is 1. The monoisotopic (exact) mass is 312 g/mol. The zero-order chi connectivity index (χ0) is 16.0. The highest BCUT2D eigenvalue weighted by Gasteiger charge is 2.42. The van der Waals surface area contributed by atoms with Gasteiger partial charge < -0.3 is 0 Å². The summed E-state index contributed by atoms with van der Waals surface area (Å²) in [5.74, 6) is -0.229. The van der Waals surface area contributed by atoms with Gasteiger partial charge in [0, 0.05) is 13.1 Å². The predicted molar refractivity (Wildman–Crippen MR) is 79.5 cm³/mol. The van der Waals surface area contributed by atoms with Crippen molar-refractivity contribution in [3.63, 3.8) is 0 Å². The molecule has 5 heteroatoms. The van der Waals surface area contributed by atoms with Crippen molar-refractivity contribution in [1.82, 2.24) is 9.88 Å². The van der Waals surface area contributed by atoms with Crippen LogP contribution in [0.4, 0.5) is 13.2 Å². The Hall–Kier alpha value is -1.10. The van der Waals surface area contributed by atoms with Crippen LogP contribution in [0.3, 0.4) is 0 Å². The standard InChI is InChI=1S/C17H23F3N2/c1-12(2)15-14(17(18,19)20)5-4-13(21-15)10-22-9-8-16(11-22)6-3-7-16/h4-5,12H,3,6-11H2,1-2H3. The summed E-state index contributed by atoms with van der Waals surface area (Å²) in [6.07, 6.45) is 0.839. The minimum atomic E-state index is -4.32. The van der Waals surface area contributed by atoms with Crippen molar-refractivity contribution in [1.29, 1.82) is 0 Å². The Morgan fingerprint density at radius 2 is 1.95 bits per heavy atom. The summed E-state index contributed by atoms with van der Waals surface area (Å²) in [6, 6.07) is 2.74. The fourth-order valence-corrected chi connectivity index (χ4v) is 3.76. The Morgan fingerprint density at radius 1 is 1.23 bits per heavy atom. The van der Waals surface area contributed by atoms with Gasteiger partial charge in [-0.25, -0.2) is 0 Å². The lowest BCUT2D eigenvalue weighted by molar-refractivity contribution is -0.138. The first-order valence-corrected chi connectivity index (χ1v) is 8.08. The number of nitrogens with zero attached hydrogens (tertiary/aromatic N) is 2. The van der Waals surface area contributed by atoms with E-state index < -0.39 is 11.7 Å². The molecule has 1 aliphatic carbocycles. The van der Waals surface area contributed by atoms with E-state index in [9.17, 15) is 13.2 Å².